The molecule has 2 aromatic carbocycles. The first-order valence-corrected chi connectivity index (χ1v) is 9.92. The maximum Gasteiger partial charge on any atom is 0.266 e. The number of anilines is 2. The Balaban J connectivity index is 1.72. The van der Waals surface area contributed by atoms with Gasteiger partial charge < -0.3 is 15.4 Å². The van der Waals surface area contributed by atoms with Gasteiger partial charge in [0.25, 0.3) is 5.91 Å². The van der Waals surface area contributed by atoms with E-state index in [1.54, 1.807) is 19.2 Å². The van der Waals surface area contributed by atoms with Crippen LogP contribution in [0.25, 0.3) is 0 Å². The normalized spacial score (nSPS) is 15.4. The largest absolute Gasteiger partial charge is 0.497 e. The number of nitrogens with one attached hydrogen (secondary N) is 2. The highest BCUT2D eigenvalue weighted by Crippen LogP contribution is 2.45. The molecular weight excluding hydrogens is 391 g/mol. The first-order valence-electron chi connectivity index (χ1n) is 9.11. The molecule has 0 saturated carbocycles. The number of rotatable bonds is 4. The number of hydrogen-bond acceptors (Lipinski definition) is 4. The van der Waals surface area contributed by atoms with Gasteiger partial charge in [0, 0.05) is 12.3 Å². The Kier molecular flexibility index (Phi) is 5.07. The lowest BCUT2D eigenvalue weighted by atomic mass is 9.85. The van der Waals surface area contributed by atoms with Crippen molar-refractivity contribution in [3.8, 4) is 5.75 Å². The van der Waals surface area contributed by atoms with Gasteiger partial charge in [0.2, 0.25) is 5.91 Å². The number of hydrogen-bond donors (Lipinski definition) is 2. The van der Waals surface area contributed by atoms with Crippen LogP contribution in [0.2, 0.25) is 0 Å². The lowest BCUT2D eigenvalue weighted by molar-refractivity contribution is -0.116. The molecule has 2 amide bonds. The van der Waals surface area contributed by atoms with E-state index in [0.29, 0.717) is 15.6 Å². The van der Waals surface area contributed by atoms with Crippen LogP contribution in [0.15, 0.2) is 48.5 Å². The average molecular weight is 410 g/mol. The quantitative estimate of drug-likeness (QED) is 0.641. The summed E-state index contributed by atoms with van der Waals surface area (Å²) in [4.78, 5) is 25.6. The molecule has 7 heteroatoms. The Labute approximate surface area is 171 Å². The number of para-hydroxylation sites is 1. The van der Waals surface area contributed by atoms with Gasteiger partial charge in [0.05, 0.1) is 22.7 Å². The third-order valence-corrected chi connectivity index (χ3v) is 6.23. The van der Waals surface area contributed by atoms with Crippen LogP contribution in [0.3, 0.4) is 0 Å². The van der Waals surface area contributed by atoms with Crippen LogP contribution in [-0.4, -0.2) is 18.9 Å². The Morgan fingerprint density at radius 2 is 2.03 bits per heavy atom. The molecule has 1 aromatic heterocycles. The summed E-state index contributed by atoms with van der Waals surface area (Å²) in [6.45, 7) is 1.86. The number of ether oxygens (including phenoxy) is 1. The minimum atomic E-state index is -0.498. The van der Waals surface area contributed by atoms with E-state index in [9.17, 15) is 14.0 Å². The molecule has 0 bridgehead atoms. The molecule has 5 nitrogen and oxygen atoms in total. The van der Waals surface area contributed by atoms with E-state index in [2.05, 4.69) is 10.6 Å². The van der Waals surface area contributed by atoms with Gasteiger partial charge >= 0.3 is 0 Å². The molecule has 0 spiro atoms. The zero-order valence-electron chi connectivity index (χ0n) is 15.9. The summed E-state index contributed by atoms with van der Waals surface area (Å²) in [6, 6.07) is 13.6. The van der Waals surface area contributed by atoms with E-state index < -0.39 is 11.7 Å². The fraction of sp³-hybridized carbons (Fsp3) is 0.182. The summed E-state index contributed by atoms with van der Waals surface area (Å²) in [5, 5.41) is 6.16. The summed E-state index contributed by atoms with van der Waals surface area (Å²) >= 11 is 1.21. The highest BCUT2D eigenvalue weighted by atomic mass is 32.1. The SMILES string of the molecule is COc1cccc(C2CC(=O)Nc3sc(C(=O)Nc4ccccc4F)c(C)c32)c1. The van der Waals surface area contributed by atoms with Gasteiger partial charge in [-0.2, -0.15) is 0 Å². The summed E-state index contributed by atoms with van der Waals surface area (Å²) in [7, 11) is 1.60. The van der Waals surface area contributed by atoms with Crippen LogP contribution in [-0.2, 0) is 4.79 Å². The topological polar surface area (TPSA) is 67.4 Å². The van der Waals surface area contributed by atoms with Crippen LogP contribution < -0.4 is 15.4 Å². The number of thiophene rings is 1. The lowest BCUT2D eigenvalue weighted by Gasteiger charge is -2.24. The third-order valence-electron chi connectivity index (χ3n) is 5.01. The van der Waals surface area contributed by atoms with Crippen molar-refractivity contribution in [3.63, 3.8) is 0 Å². The molecule has 29 heavy (non-hydrogen) atoms. The molecule has 1 aliphatic heterocycles. The Bertz CT molecular complexity index is 1110. The second-order valence-corrected chi connectivity index (χ2v) is 7.84. The number of amides is 2. The average Bonchev–Trinajstić information content (AvgIpc) is 3.05. The van der Waals surface area contributed by atoms with E-state index >= 15 is 0 Å². The van der Waals surface area contributed by atoms with E-state index in [0.717, 1.165) is 16.7 Å². The Morgan fingerprint density at radius 1 is 1.24 bits per heavy atom. The van der Waals surface area contributed by atoms with Crippen LogP contribution >= 0.6 is 11.3 Å². The molecule has 3 aromatic rings. The summed E-state index contributed by atoms with van der Waals surface area (Å²) in [5.41, 5.74) is 2.77. The van der Waals surface area contributed by atoms with Crippen molar-refractivity contribution in [3.05, 3.63) is 75.9 Å². The smallest absolute Gasteiger partial charge is 0.266 e. The summed E-state index contributed by atoms with van der Waals surface area (Å²) < 4.78 is 19.2. The van der Waals surface area contributed by atoms with Gasteiger partial charge in [-0.1, -0.05) is 24.3 Å². The van der Waals surface area contributed by atoms with Crippen LogP contribution in [0.4, 0.5) is 15.1 Å². The maximum absolute atomic E-state index is 13.9. The molecule has 148 valence electrons. The number of carbonyl (C=O) groups excluding carboxylic acids is 2. The lowest BCUT2D eigenvalue weighted by Crippen LogP contribution is -2.22. The van der Waals surface area contributed by atoms with Crippen molar-refractivity contribution in [2.45, 2.75) is 19.3 Å². The predicted molar refractivity (Wildman–Crippen MR) is 111 cm³/mol. The standard InChI is InChI=1S/C22H19FN2O3S/c1-12-19-15(13-6-5-7-14(10-13)28-2)11-18(26)25-22(19)29-20(12)21(27)24-17-9-4-3-8-16(17)23/h3-10,15H,11H2,1-2H3,(H,24,27)(H,25,26). The predicted octanol–water partition coefficient (Wildman–Crippen LogP) is 4.93. The van der Waals surface area contributed by atoms with Crippen molar-refractivity contribution >= 4 is 33.8 Å². The molecular formula is C22H19FN2O3S. The van der Waals surface area contributed by atoms with Gasteiger partial charge in [0.1, 0.15) is 11.6 Å². The van der Waals surface area contributed by atoms with Crippen molar-refractivity contribution in [2.75, 3.05) is 17.7 Å². The zero-order chi connectivity index (χ0) is 20.5. The molecule has 0 saturated heterocycles. The number of carbonyl (C=O) groups is 2. The molecule has 0 radical (unpaired) electrons. The van der Waals surface area contributed by atoms with Crippen molar-refractivity contribution in [1.82, 2.24) is 0 Å². The third kappa shape index (κ3) is 3.61. The molecule has 0 fully saturated rings. The Hall–Kier alpha value is -3.19. The maximum atomic E-state index is 13.9. The fourth-order valence-corrected chi connectivity index (χ4v) is 4.79. The highest BCUT2D eigenvalue weighted by Gasteiger charge is 2.33. The highest BCUT2D eigenvalue weighted by molar-refractivity contribution is 7.18. The van der Waals surface area contributed by atoms with E-state index in [1.807, 2.05) is 31.2 Å². The van der Waals surface area contributed by atoms with Gasteiger partial charge in [-0.3, -0.25) is 9.59 Å². The summed E-state index contributed by atoms with van der Waals surface area (Å²) in [5.74, 6) is -0.471. The first-order chi connectivity index (χ1) is 14.0. The summed E-state index contributed by atoms with van der Waals surface area (Å²) in [6.07, 6.45) is 0.284. The molecule has 1 atom stereocenters. The number of halogens is 1. The zero-order valence-corrected chi connectivity index (χ0v) is 16.7. The van der Waals surface area contributed by atoms with Crippen LogP contribution in [0.5, 0.6) is 5.75 Å². The molecule has 0 aliphatic carbocycles. The van der Waals surface area contributed by atoms with Crippen LogP contribution in [0.1, 0.15) is 38.7 Å². The second kappa shape index (κ2) is 7.67. The first kappa shape index (κ1) is 19.1. The second-order valence-electron chi connectivity index (χ2n) is 6.81. The molecule has 1 aliphatic rings. The van der Waals surface area contributed by atoms with Gasteiger partial charge in [-0.15, -0.1) is 11.3 Å². The number of fused-ring (bicyclic) bond motifs is 1. The van der Waals surface area contributed by atoms with Crippen molar-refractivity contribution in [1.29, 1.82) is 0 Å². The molecule has 4 rings (SSSR count). The van der Waals surface area contributed by atoms with E-state index in [-0.39, 0.29) is 23.9 Å². The minimum Gasteiger partial charge on any atom is -0.497 e. The molecule has 1 unspecified atom stereocenters. The van der Waals surface area contributed by atoms with Gasteiger partial charge in [-0.25, -0.2) is 4.39 Å². The molecule has 2 N–H and O–H groups in total. The monoisotopic (exact) mass is 410 g/mol. The van der Waals surface area contributed by atoms with Gasteiger partial charge in [-0.05, 0) is 47.9 Å². The minimum absolute atomic E-state index is 0.104. The van der Waals surface area contributed by atoms with E-state index in [1.165, 1.54) is 23.5 Å². The van der Waals surface area contributed by atoms with E-state index in [4.69, 9.17) is 4.74 Å². The van der Waals surface area contributed by atoms with Gasteiger partial charge in [0.15, 0.2) is 0 Å². The van der Waals surface area contributed by atoms with Crippen LogP contribution in [0, 0.1) is 12.7 Å². The Morgan fingerprint density at radius 3 is 2.79 bits per heavy atom. The fourth-order valence-electron chi connectivity index (χ4n) is 3.60. The number of methoxy groups -OCH3 is 1. The number of benzene rings is 2. The van der Waals surface area contributed by atoms with Crippen molar-refractivity contribution in [2.24, 2.45) is 0 Å². The van der Waals surface area contributed by atoms with Crippen molar-refractivity contribution < 1.29 is 18.7 Å². The molecule has 2 heterocycles.